The molecule has 0 spiro atoms. The highest BCUT2D eigenvalue weighted by molar-refractivity contribution is 5.98. The van der Waals surface area contributed by atoms with Gasteiger partial charge in [-0.05, 0) is 30.0 Å². The Morgan fingerprint density at radius 3 is 2.75 bits per heavy atom. The van der Waals surface area contributed by atoms with Crippen LogP contribution >= 0.6 is 0 Å². The number of ether oxygens (including phenoxy) is 1. The Labute approximate surface area is 118 Å². The molecule has 0 unspecified atom stereocenters. The Morgan fingerprint density at radius 1 is 1.30 bits per heavy atom. The molecule has 1 aliphatic rings. The normalized spacial score (nSPS) is 17.9. The third kappa shape index (κ3) is 2.46. The van der Waals surface area contributed by atoms with Crippen LogP contribution < -0.4 is 4.74 Å². The van der Waals surface area contributed by atoms with Crippen LogP contribution in [-0.4, -0.2) is 22.7 Å². The van der Waals surface area contributed by atoms with E-state index in [2.05, 4.69) is 12.0 Å². The fourth-order valence-corrected chi connectivity index (χ4v) is 2.67. The molecule has 0 bridgehead atoms. The Morgan fingerprint density at radius 2 is 2.05 bits per heavy atom. The average Bonchev–Trinajstić information content (AvgIpc) is 2.82. The molecule has 0 saturated heterocycles. The van der Waals surface area contributed by atoms with E-state index in [9.17, 15) is 4.79 Å². The summed E-state index contributed by atoms with van der Waals surface area (Å²) in [7, 11) is 1.66. The van der Waals surface area contributed by atoms with Crippen molar-refractivity contribution >= 4 is 5.78 Å². The molecule has 4 nitrogen and oxygen atoms in total. The summed E-state index contributed by atoms with van der Waals surface area (Å²) in [5, 5.41) is 4.55. The predicted molar refractivity (Wildman–Crippen MR) is 76.1 cm³/mol. The summed E-state index contributed by atoms with van der Waals surface area (Å²) in [5.74, 6) is 1.47. The molecule has 0 fully saturated rings. The molecule has 4 heteroatoms. The number of benzene rings is 1. The van der Waals surface area contributed by atoms with Gasteiger partial charge in [-0.25, -0.2) is 0 Å². The van der Waals surface area contributed by atoms with Gasteiger partial charge < -0.3 is 4.74 Å². The van der Waals surface area contributed by atoms with Gasteiger partial charge in [-0.3, -0.25) is 9.48 Å². The second kappa shape index (κ2) is 5.12. The average molecular weight is 270 g/mol. The summed E-state index contributed by atoms with van der Waals surface area (Å²) in [6.45, 7) is 2.78. The van der Waals surface area contributed by atoms with Gasteiger partial charge in [-0.2, -0.15) is 5.10 Å². The monoisotopic (exact) mass is 270 g/mol. The first kappa shape index (κ1) is 12.9. The summed E-state index contributed by atoms with van der Waals surface area (Å²) >= 11 is 0. The lowest BCUT2D eigenvalue weighted by molar-refractivity contribution is 0.0953. The first-order chi connectivity index (χ1) is 9.65. The minimum atomic E-state index is 0.222. The smallest absolute Gasteiger partial charge is 0.166 e. The molecule has 1 aliphatic carbocycles. The summed E-state index contributed by atoms with van der Waals surface area (Å²) in [5.41, 5.74) is 2.89. The number of Topliss-reactive ketones (excluding diaryl/α,β-unsaturated/α-hetero) is 1. The van der Waals surface area contributed by atoms with Gasteiger partial charge in [0.15, 0.2) is 5.78 Å². The molecule has 104 valence electrons. The topological polar surface area (TPSA) is 44.1 Å². The van der Waals surface area contributed by atoms with Gasteiger partial charge in [0.05, 0.1) is 24.9 Å². The van der Waals surface area contributed by atoms with E-state index >= 15 is 0 Å². The van der Waals surface area contributed by atoms with Crippen molar-refractivity contribution in [3.05, 3.63) is 47.3 Å². The van der Waals surface area contributed by atoms with E-state index in [1.807, 2.05) is 35.1 Å². The highest BCUT2D eigenvalue weighted by Crippen LogP contribution is 2.24. The molecule has 0 amide bonds. The number of hydrogen-bond donors (Lipinski definition) is 0. The maximum absolute atomic E-state index is 12.0. The first-order valence-electron chi connectivity index (χ1n) is 6.88. The molecule has 0 aliphatic heterocycles. The fourth-order valence-electron chi connectivity index (χ4n) is 2.67. The van der Waals surface area contributed by atoms with Crippen LogP contribution in [0.3, 0.4) is 0 Å². The van der Waals surface area contributed by atoms with E-state index in [1.165, 1.54) is 0 Å². The number of ketones is 1. The van der Waals surface area contributed by atoms with Crippen molar-refractivity contribution < 1.29 is 9.53 Å². The number of carbonyl (C=O) groups excluding carboxylic acids is 1. The summed E-state index contributed by atoms with van der Waals surface area (Å²) < 4.78 is 7.01. The summed E-state index contributed by atoms with van der Waals surface area (Å²) in [6.07, 6.45) is 3.42. The second-order valence-corrected chi connectivity index (χ2v) is 5.47. The third-order valence-electron chi connectivity index (χ3n) is 3.72. The molecular formula is C16H18N2O2. The van der Waals surface area contributed by atoms with Gasteiger partial charge in [0.1, 0.15) is 5.75 Å². The van der Waals surface area contributed by atoms with Crippen LogP contribution in [0.25, 0.3) is 0 Å². The molecule has 20 heavy (non-hydrogen) atoms. The lowest BCUT2D eigenvalue weighted by Gasteiger charge is -2.14. The molecule has 1 atom stereocenters. The maximum Gasteiger partial charge on any atom is 0.166 e. The lowest BCUT2D eigenvalue weighted by Crippen LogP contribution is -2.16. The maximum atomic E-state index is 12.0. The molecule has 2 aromatic rings. The second-order valence-electron chi connectivity index (χ2n) is 5.47. The fraction of sp³-hybridized carbons (Fsp3) is 0.375. The van der Waals surface area contributed by atoms with E-state index in [4.69, 9.17) is 4.74 Å². The highest BCUT2D eigenvalue weighted by Gasteiger charge is 2.25. The van der Waals surface area contributed by atoms with Crippen molar-refractivity contribution in [3.8, 4) is 5.75 Å². The van der Waals surface area contributed by atoms with Gasteiger partial charge >= 0.3 is 0 Å². The van der Waals surface area contributed by atoms with Crippen LogP contribution in [0.5, 0.6) is 5.75 Å². The van der Waals surface area contributed by atoms with Crippen molar-refractivity contribution in [2.45, 2.75) is 26.3 Å². The van der Waals surface area contributed by atoms with Gasteiger partial charge in [-0.15, -0.1) is 0 Å². The molecular weight excluding hydrogens is 252 g/mol. The van der Waals surface area contributed by atoms with E-state index in [-0.39, 0.29) is 5.78 Å². The van der Waals surface area contributed by atoms with Crippen LogP contribution in [0.15, 0.2) is 30.5 Å². The number of hydrogen-bond acceptors (Lipinski definition) is 3. The van der Waals surface area contributed by atoms with Crippen LogP contribution in [0.4, 0.5) is 0 Å². The van der Waals surface area contributed by atoms with Crippen LogP contribution in [0.1, 0.15) is 35.0 Å². The number of carbonyl (C=O) groups is 1. The van der Waals surface area contributed by atoms with Crippen molar-refractivity contribution in [3.63, 3.8) is 0 Å². The molecule has 1 aromatic carbocycles. The largest absolute Gasteiger partial charge is 0.497 e. The standard InChI is InChI=1S/C16H18N2O2/c1-11-7-15-14(16(19)8-11)10-18(17-15)9-12-3-5-13(20-2)6-4-12/h3-6,10-11H,7-9H2,1-2H3/t11-/m0/s1. The quantitative estimate of drug-likeness (QED) is 0.861. The SMILES string of the molecule is COc1ccc(Cn2cc3c(n2)C[C@H](C)CC3=O)cc1. The number of fused-ring (bicyclic) bond motifs is 1. The predicted octanol–water partition coefficient (Wildman–Crippen LogP) is 2.71. The van der Waals surface area contributed by atoms with Crippen molar-refractivity contribution in [2.75, 3.05) is 7.11 Å². The molecule has 1 heterocycles. The lowest BCUT2D eigenvalue weighted by atomic mass is 9.89. The first-order valence-corrected chi connectivity index (χ1v) is 6.88. The van der Waals surface area contributed by atoms with Crippen molar-refractivity contribution in [2.24, 2.45) is 5.92 Å². The zero-order valence-electron chi connectivity index (χ0n) is 11.8. The molecule has 0 radical (unpaired) electrons. The Hall–Kier alpha value is -2.10. The number of aromatic nitrogens is 2. The number of nitrogens with zero attached hydrogens (tertiary/aromatic N) is 2. The highest BCUT2D eigenvalue weighted by atomic mass is 16.5. The minimum absolute atomic E-state index is 0.222. The molecule has 1 aromatic heterocycles. The van der Waals surface area contributed by atoms with Crippen LogP contribution in [0.2, 0.25) is 0 Å². The van der Waals surface area contributed by atoms with Gasteiger partial charge in [0, 0.05) is 12.6 Å². The minimum Gasteiger partial charge on any atom is -0.497 e. The van der Waals surface area contributed by atoms with Crippen molar-refractivity contribution in [1.82, 2.24) is 9.78 Å². The van der Waals surface area contributed by atoms with Gasteiger partial charge in [0.2, 0.25) is 0 Å². The number of rotatable bonds is 3. The zero-order valence-corrected chi connectivity index (χ0v) is 11.8. The van der Waals surface area contributed by atoms with Crippen molar-refractivity contribution in [1.29, 1.82) is 0 Å². The van der Waals surface area contributed by atoms with E-state index in [0.717, 1.165) is 29.0 Å². The van der Waals surface area contributed by atoms with E-state index in [0.29, 0.717) is 18.9 Å². The summed E-state index contributed by atoms with van der Waals surface area (Å²) in [4.78, 5) is 12.0. The molecule has 3 rings (SSSR count). The van der Waals surface area contributed by atoms with Crippen LogP contribution in [-0.2, 0) is 13.0 Å². The van der Waals surface area contributed by atoms with E-state index < -0.39 is 0 Å². The third-order valence-corrected chi connectivity index (χ3v) is 3.72. The molecule has 0 N–H and O–H groups in total. The van der Waals surface area contributed by atoms with Crippen LogP contribution in [0, 0.1) is 5.92 Å². The Balaban J connectivity index is 1.81. The van der Waals surface area contributed by atoms with E-state index in [1.54, 1.807) is 7.11 Å². The number of methoxy groups -OCH3 is 1. The summed E-state index contributed by atoms with van der Waals surface area (Å²) in [6, 6.07) is 7.91. The zero-order chi connectivity index (χ0) is 14.1. The van der Waals surface area contributed by atoms with Gasteiger partial charge in [-0.1, -0.05) is 19.1 Å². The van der Waals surface area contributed by atoms with Gasteiger partial charge in [0.25, 0.3) is 0 Å². The molecule has 0 saturated carbocycles. The Kier molecular flexibility index (Phi) is 3.30. The Bertz CT molecular complexity index is 628.